The van der Waals surface area contributed by atoms with Crippen molar-refractivity contribution in [2.45, 2.75) is 147 Å². The van der Waals surface area contributed by atoms with Gasteiger partial charge in [0.2, 0.25) is 27.6 Å². The molecule has 3 aliphatic rings. The first-order valence-corrected chi connectivity index (χ1v) is 19.1. The molecule has 5 amide bonds. The van der Waals surface area contributed by atoms with Crippen LogP contribution in [-0.4, -0.2) is 109 Å². The molecule has 1 heterocycles. The van der Waals surface area contributed by atoms with E-state index in [4.69, 9.17) is 0 Å². The average Bonchev–Trinajstić information content (AvgIpc) is 3.66. The minimum absolute atomic E-state index is 0.0197. The monoisotopic (exact) mass is 718 g/mol. The third kappa shape index (κ3) is 11.9. The maximum Gasteiger partial charge on any atom is 0.315 e. The molecule has 16 heteroatoms. The van der Waals surface area contributed by atoms with E-state index < -0.39 is 86.9 Å². The summed E-state index contributed by atoms with van der Waals surface area (Å²) in [5.74, 6) is -6.33. The zero-order chi connectivity index (χ0) is 36.8. The number of alkyl halides is 2. The summed E-state index contributed by atoms with van der Waals surface area (Å²) in [7, 11) is -3.10. The number of ketones is 1. The Bertz CT molecular complexity index is 1320. The fourth-order valence-electron chi connectivity index (χ4n) is 6.60. The van der Waals surface area contributed by atoms with E-state index in [2.05, 4.69) is 21.3 Å². The van der Waals surface area contributed by atoms with Crippen molar-refractivity contribution in [1.82, 2.24) is 30.5 Å². The Balaban J connectivity index is 1.75. The van der Waals surface area contributed by atoms with E-state index in [-0.39, 0.29) is 19.0 Å². The number of nitrogens with zero attached hydrogens (tertiary/aromatic N) is 2. The molecule has 2 saturated carbocycles. The molecule has 1 aliphatic heterocycles. The Morgan fingerprint density at radius 3 is 2.14 bits per heavy atom. The van der Waals surface area contributed by atoms with E-state index in [1.807, 2.05) is 6.92 Å². The second-order valence-electron chi connectivity index (χ2n) is 15.3. The molecule has 0 aromatic carbocycles. The molecule has 3 rings (SSSR count). The maximum atomic E-state index is 14.1. The predicted octanol–water partition coefficient (Wildman–Crippen LogP) is 2.83. The van der Waals surface area contributed by atoms with Gasteiger partial charge in [0.15, 0.2) is 0 Å². The van der Waals surface area contributed by atoms with Crippen molar-refractivity contribution in [3.63, 3.8) is 0 Å². The minimum atomic E-state index is -4.19. The van der Waals surface area contributed by atoms with Crippen LogP contribution in [0.15, 0.2) is 0 Å². The fourth-order valence-corrected chi connectivity index (χ4v) is 8.30. The summed E-state index contributed by atoms with van der Waals surface area (Å²) in [6, 6.07) is -3.87. The summed E-state index contributed by atoms with van der Waals surface area (Å²) < 4.78 is 54.3. The van der Waals surface area contributed by atoms with Gasteiger partial charge in [-0.3, -0.25) is 19.2 Å². The summed E-state index contributed by atoms with van der Waals surface area (Å²) >= 11 is 0. The lowest BCUT2D eigenvalue weighted by Gasteiger charge is -2.40. The number of halogens is 2. The molecule has 280 valence electrons. The maximum absolute atomic E-state index is 14.1. The molecule has 13 nitrogen and oxygen atoms in total. The number of hydrogen-bond donors (Lipinski definition) is 4. The third-order valence-electron chi connectivity index (χ3n) is 9.47. The third-order valence-corrected chi connectivity index (χ3v) is 11.5. The molecule has 0 unspecified atom stereocenters. The second kappa shape index (κ2) is 16.4. The predicted molar refractivity (Wildman–Crippen MR) is 180 cm³/mol. The van der Waals surface area contributed by atoms with E-state index >= 15 is 0 Å². The summed E-state index contributed by atoms with van der Waals surface area (Å²) in [6.07, 6.45) is 6.79. The Morgan fingerprint density at radius 2 is 1.59 bits per heavy atom. The molecule has 3 atom stereocenters. The van der Waals surface area contributed by atoms with E-state index in [9.17, 15) is 41.2 Å². The lowest BCUT2D eigenvalue weighted by molar-refractivity contribution is -0.143. The zero-order valence-electron chi connectivity index (χ0n) is 29.8. The molecule has 0 aromatic rings. The molecule has 0 spiro atoms. The molecule has 2 aliphatic carbocycles. The van der Waals surface area contributed by atoms with Gasteiger partial charge in [0.25, 0.3) is 11.8 Å². The first-order chi connectivity index (χ1) is 22.7. The highest BCUT2D eigenvalue weighted by Crippen LogP contribution is 2.32. The number of carbonyl (C=O) groups is 5. The van der Waals surface area contributed by atoms with Gasteiger partial charge in [-0.15, -0.1) is 0 Å². The van der Waals surface area contributed by atoms with Crippen LogP contribution in [0.5, 0.6) is 0 Å². The Morgan fingerprint density at radius 1 is 0.959 bits per heavy atom. The summed E-state index contributed by atoms with van der Waals surface area (Å²) in [5.41, 5.74) is -2.07. The van der Waals surface area contributed by atoms with Crippen molar-refractivity contribution in [3.8, 4) is 0 Å². The van der Waals surface area contributed by atoms with Gasteiger partial charge in [-0.2, -0.15) is 4.31 Å². The van der Waals surface area contributed by atoms with Crippen LogP contribution in [-0.2, 0) is 29.2 Å². The molecular formula is C33H56F2N6O7S. The van der Waals surface area contributed by atoms with Gasteiger partial charge in [-0.05, 0) is 50.4 Å². The number of likely N-dealkylation sites (tertiary alicyclic amines) is 1. The number of rotatable bonds is 16. The van der Waals surface area contributed by atoms with Crippen molar-refractivity contribution in [3.05, 3.63) is 0 Å². The van der Waals surface area contributed by atoms with Crippen molar-refractivity contribution in [2.75, 3.05) is 25.9 Å². The number of nitrogens with one attached hydrogen (secondary N) is 4. The molecular weight excluding hydrogens is 662 g/mol. The standard InChI is InChI=1S/C33H56F2N6O7S/c1-7-8-13-23(25(42)28(44)36-22-15-16-22)37-27(43)24-14-12-19-41(24)29(45)26(31(2,3)4)38-30(46)39-33(17-10-9-11-18-33)21-49(47,48)40(6)20-32(5,34)35/h22-24,26H,7-21H2,1-6H3,(H,36,44)(H,37,43)(H2,38,39,46)/t23-,24-,26+/m0/s1. The quantitative estimate of drug-likeness (QED) is 0.178. The van der Waals surface area contributed by atoms with Gasteiger partial charge >= 0.3 is 6.03 Å². The van der Waals surface area contributed by atoms with E-state index in [0.717, 1.165) is 32.7 Å². The van der Waals surface area contributed by atoms with Gasteiger partial charge < -0.3 is 26.2 Å². The van der Waals surface area contributed by atoms with Crippen molar-refractivity contribution < 1.29 is 41.2 Å². The van der Waals surface area contributed by atoms with Crippen LogP contribution in [0.4, 0.5) is 13.6 Å². The van der Waals surface area contributed by atoms with E-state index in [1.165, 1.54) is 4.90 Å². The number of unbranched alkanes of at least 4 members (excludes halogenated alkanes) is 1. The highest BCUT2D eigenvalue weighted by molar-refractivity contribution is 7.89. The first kappa shape index (κ1) is 40.5. The van der Waals surface area contributed by atoms with Crippen molar-refractivity contribution in [2.24, 2.45) is 5.41 Å². The zero-order valence-corrected chi connectivity index (χ0v) is 30.6. The largest absolute Gasteiger partial charge is 0.347 e. The van der Waals surface area contributed by atoms with Crippen LogP contribution >= 0.6 is 0 Å². The number of amides is 5. The highest BCUT2D eigenvalue weighted by atomic mass is 32.2. The molecule has 0 aromatic heterocycles. The van der Waals surface area contributed by atoms with Gasteiger partial charge in [-0.25, -0.2) is 22.0 Å². The lowest BCUT2D eigenvalue weighted by Crippen LogP contribution is -2.63. The normalized spacial score (nSPS) is 21.1. The Kier molecular flexibility index (Phi) is 13.6. The van der Waals surface area contributed by atoms with Gasteiger partial charge in [0.1, 0.15) is 12.1 Å². The number of Topliss-reactive ketones (excluding diaryl/α,β-unsaturated/α-hetero) is 1. The molecule has 3 fully saturated rings. The van der Waals surface area contributed by atoms with Gasteiger partial charge in [-0.1, -0.05) is 59.8 Å². The van der Waals surface area contributed by atoms with Crippen LogP contribution < -0.4 is 21.3 Å². The van der Waals surface area contributed by atoms with Crippen LogP contribution in [0.3, 0.4) is 0 Å². The summed E-state index contributed by atoms with van der Waals surface area (Å²) in [6.45, 7) is 7.06. The Hall–Kier alpha value is -2.88. The minimum Gasteiger partial charge on any atom is -0.347 e. The SMILES string of the molecule is CCCC[C@H](NC(=O)[C@@H]1CCCN1C(=O)[C@@H](NC(=O)NC1(CS(=O)(=O)N(C)CC(C)(F)F)CCCCC1)C(C)(C)C)C(=O)C(=O)NC1CC1. The molecule has 0 radical (unpaired) electrons. The van der Waals surface area contributed by atoms with Gasteiger partial charge in [0.05, 0.1) is 23.9 Å². The van der Waals surface area contributed by atoms with Crippen LogP contribution in [0.1, 0.15) is 112 Å². The average molecular weight is 719 g/mol. The number of carbonyl (C=O) groups excluding carboxylic acids is 5. The van der Waals surface area contributed by atoms with Crippen molar-refractivity contribution >= 4 is 39.6 Å². The van der Waals surface area contributed by atoms with Crippen LogP contribution in [0.25, 0.3) is 0 Å². The van der Waals surface area contributed by atoms with Crippen LogP contribution in [0.2, 0.25) is 0 Å². The molecule has 1 saturated heterocycles. The lowest BCUT2D eigenvalue weighted by atomic mass is 9.83. The highest BCUT2D eigenvalue weighted by Gasteiger charge is 2.45. The smallest absolute Gasteiger partial charge is 0.315 e. The molecule has 4 N–H and O–H groups in total. The van der Waals surface area contributed by atoms with Gasteiger partial charge in [0, 0.05) is 26.6 Å². The van der Waals surface area contributed by atoms with E-state index in [1.54, 1.807) is 20.8 Å². The fraction of sp³-hybridized carbons (Fsp3) is 0.848. The number of urea groups is 1. The molecule has 0 bridgehead atoms. The topological polar surface area (TPSA) is 174 Å². The Labute approximate surface area is 289 Å². The van der Waals surface area contributed by atoms with E-state index in [0.29, 0.717) is 56.2 Å². The summed E-state index contributed by atoms with van der Waals surface area (Å²) in [5, 5.41) is 10.9. The first-order valence-electron chi connectivity index (χ1n) is 17.5. The number of hydrogen-bond acceptors (Lipinski definition) is 7. The second-order valence-corrected chi connectivity index (χ2v) is 17.4. The van der Waals surface area contributed by atoms with Crippen molar-refractivity contribution in [1.29, 1.82) is 0 Å². The number of sulfonamides is 1. The molecule has 49 heavy (non-hydrogen) atoms. The summed E-state index contributed by atoms with van der Waals surface area (Å²) in [4.78, 5) is 68.1. The van der Waals surface area contributed by atoms with Crippen LogP contribution in [0, 0.1) is 5.41 Å².